The van der Waals surface area contributed by atoms with Gasteiger partial charge < -0.3 is 4.74 Å². The molecule has 2 rings (SSSR count). The molecule has 5 heteroatoms. The molecule has 0 heterocycles. The van der Waals surface area contributed by atoms with E-state index in [1.165, 1.54) is 12.1 Å². The monoisotopic (exact) mass is 406 g/mol. The fourth-order valence-corrected chi connectivity index (χ4v) is 2.76. The minimum Gasteiger partial charge on any atom is -0.487 e. The van der Waals surface area contributed by atoms with E-state index in [-0.39, 0.29) is 5.82 Å². The average molecular weight is 408 g/mol. The molecule has 0 aliphatic rings. The highest BCUT2D eigenvalue weighted by molar-refractivity contribution is 9.10. The predicted molar refractivity (Wildman–Crippen MR) is 82.5 cm³/mol. The van der Waals surface area contributed by atoms with Crippen molar-refractivity contribution in [1.29, 1.82) is 0 Å². The van der Waals surface area contributed by atoms with Crippen molar-refractivity contribution in [2.75, 3.05) is 0 Å². The van der Waals surface area contributed by atoms with Crippen LogP contribution in [-0.2, 0) is 11.9 Å². The molecule has 100 valence electrons. The van der Waals surface area contributed by atoms with Gasteiger partial charge >= 0.3 is 0 Å². The summed E-state index contributed by atoms with van der Waals surface area (Å²) in [6.45, 7) is 0.324. The van der Waals surface area contributed by atoms with E-state index in [2.05, 4.69) is 31.9 Å². The van der Waals surface area contributed by atoms with E-state index in [9.17, 15) is 4.39 Å². The van der Waals surface area contributed by atoms with Gasteiger partial charge in [-0.3, -0.25) is 0 Å². The third-order valence-corrected chi connectivity index (χ3v) is 4.22. The molecular formula is C14H10Br2ClFO. The molecule has 2 aromatic carbocycles. The first-order valence-corrected chi connectivity index (χ1v) is 7.81. The third-order valence-electron chi connectivity index (χ3n) is 2.58. The van der Waals surface area contributed by atoms with Crippen LogP contribution in [0.4, 0.5) is 4.39 Å². The van der Waals surface area contributed by atoms with Gasteiger partial charge in [-0.2, -0.15) is 0 Å². The highest BCUT2D eigenvalue weighted by atomic mass is 79.9. The van der Waals surface area contributed by atoms with Crippen LogP contribution in [0, 0.1) is 5.82 Å². The van der Waals surface area contributed by atoms with Crippen LogP contribution in [0.5, 0.6) is 5.75 Å². The van der Waals surface area contributed by atoms with Gasteiger partial charge in [0, 0.05) is 20.9 Å². The molecule has 0 radical (unpaired) electrons. The Morgan fingerprint density at radius 1 is 1.16 bits per heavy atom. The van der Waals surface area contributed by atoms with Crippen molar-refractivity contribution < 1.29 is 9.13 Å². The topological polar surface area (TPSA) is 9.23 Å². The molecule has 1 nitrogen and oxygen atoms in total. The Labute approximate surface area is 133 Å². The molecule has 0 aliphatic heterocycles. The predicted octanol–water partition coefficient (Wildman–Crippen LogP) is 5.72. The van der Waals surface area contributed by atoms with Crippen LogP contribution in [0.1, 0.15) is 11.1 Å². The molecule has 0 aromatic heterocycles. The van der Waals surface area contributed by atoms with Crippen LogP contribution in [0.15, 0.2) is 40.9 Å². The number of rotatable bonds is 4. The SMILES string of the molecule is Fc1ccc(COc2c(Cl)cccc2CBr)c(Br)c1. The van der Waals surface area contributed by atoms with Gasteiger partial charge in [0.2, 0.25) is 0 Å². The van der Waals surface area contributed by atoms with Crippen LogP contribution in [0.2, 0.25) is 5.02 Å². The van der Waals surface area contributed by atoms with Gasteiger partial charge in [0.05, 0.1) is 5.02 Å². The number of benzene rings is 2. The maximum Gasteiger partial charge on any atom is 0.142 e. The highest BCUT2D eigenvalue weighted by Gasteiger charge is 2.09. The lowest BCUT2D eigenvalue weighted by Crippen LogP contribution is -1.99. The van der Waals surface area contributed by atoms with E-state index >= 15 is 0 Å². The van der Waals surface area contributed by atoms with Gasteiger partial charge in [-0.25, -0.2) is 4.39 Å². The lowest BCUT2D eigenvalue weighted by atomic mass is 10.2. The molecule has 0 unspecified atom stereocenters. The summed E-state index contributed by atoms with van der Waals surface area (Å²) >= 11 is 12.8. The summed E-state index contributed by atoms with van der Waals surface area (Å²) in [6.07, 6.45) is 0. The Morgan fingerprint density at radius 3 is 2.63 bits per heavy atom. The minimum atomic E-state index is -0.283. The first-order valence-electron chi connectivity index (χ1n) is 5.52. The maximum atomic E-state index is 13.0. The van der Waals surface area contributed by atoms with Crippen molar-refractivity contribution in [3.05, 3.63) is 62.8 Å². The van der Waals surface area contributed by atoms with E-state index in [4.69, 9.17) is 16.3 Å². The second-order valence-electron chi connectivity index (χ2n) is 3.89. The van der Waals surface area contributed by atoms with Crippen molar-refractivity contribution in [2.45, 2.75) is 11.9 Å². The van der Waals surface area contributed by atoms with Crippen molar-refractivity contribution in [1.82, 2.24) is 0 Å². The standard InChI is InChI=1S/C14H10Br2ClFO/c15-7-9-2-1-3-13(17)14(9)19-8-10-4-5-11(18)6-12(10)16/h1-6H,7-8H2. The molecule has 0 amide bonds. The number of hydrogen-bond donors (Lipinski definition) is 0. The Balaban J connectivity index is 2.19. The molecule has 0 spiro atoms. The molecule has 0 atom stereocenters. The molecule has 0 aliphatic carbocycles. The maximum absolute atomic E-state index is 13.0. The van der Waals surface area contributed by atoms with Crippen LogP contribution >= 0.6 is 43.5 Å². The van der Waals surface area contributed by atoms with Crippen LogP contribution in [-0.4, -0.2) is 0 Å². The number of hydrogen-bond acceptors (Lipinski definition) is 1. The second kappa shape index (κ2) is 6.73. The number of alkyl halides is 1. The van der Waals surface area contributed by atoms with E-state index in [0.717, 1.165) is 11.1 Å². The molecule has 0 saturated carbocycles. The number of para-hydroxylation sites is 1. The molecule has 0 saturated heterocycles. The second-order valence-corrected chi connectivity index (χ2v) is 5.71. The van der Waals surface area contributed by atoms with Gasteiger partial charge in [-0.15, -0.1) is 0 Å². The fourth-order valence-electron chi connectivity index (χ4n) is 1.61. The summed E-state index contributed by atoms with van der Waals surface area (Å²) in [6, 6.07) is 10.1. The van der Waals surface area contributed by atoms with Crippen LogP contribution < -0.4 is 4.74 Å². The number of ether oxygens (including phenoxy) is 1. The average Bonchev–Trinajstić information content (AvgIpc) is 2.39. The Bertz CT molecular complexity index is 590. The van der Waals surface area contributed by atoms with Gasteiger partial charge in [-0.05, 0) is 18.2 Å². The molecular weight excluding hydrogens is 398 g/mol. The van der Waals surface area contributed by atoms with E-state index in [1.54, 1.807) is 12.1 Å². The molecule has 2 aromatic rings. The number of halogens is 4. The summed E-state index contributed by atoms with van der Waals surface area (Å²) in [5.41, 5.74) is 1.84. The largest absolute Gasteiger partial charge is 0.487 e. The van der Waals surface area contributed by atoms with Crippen molar-refractivity contribution >= 4 is 43.5 Å². The molecule has 19 heavy (non-hydrogen) atoms. The summed E-state index contributed by atoms with van der Waals surface area (Å²) < 4.78 is 19.4. The van der Waals surface area contributed by atoms with Crippen molar-refractivity contribution in [3.63, 3.8) is 0 Å². The molecule has 0 N–H and O–H groups in total. The summed E-state index contributed by atoms with van der Waals surface area (Å²) in [5, 5.41) is 1.23. The van der Waals surface area contributed by atoms with E-state index in [1.807, 2.05) is 12.1 Å². The zero-order valence-electron chi connectivity index (χ0n) is 9.80. The lowest BCUT2D eigenvalue weighted by molar-refractivity contribution is 0.303. The highest BCUT2D eigenvalue weighted by Crippen LogP contribution is 2.31. The summed E-state index contributed by atoms with van der Waals surface area (Å²) in [7, 11) is 0. The van der Waals surface area contributed by atoms with Crippen LogP contribution in [0.3, 0.4) is 0 Å². The Kier molecular flexibility index (Phi) is 5.25. The normalized spacial score (nSPS) is 10.5. The minimum absolute atomic E-state index is 0.283. The summed E-state index contributed by atoms with van der Waals surface area (Å²) in [5.74, 6) is 0.367. The van der Waals surface area contributed by atoms with Gasteiger partial charge in [0.15, 0.2) is 0 Å². The Hall–Kier alpha value is -0.580. The van der Waals surface area contributed by atoms with E-state index < -0.39 is 0 Å². The zero-order chi connectivity index (χ0) is 13.8. The zero-order valence-corrected chi connectivity index (χ0v) is 13.7. The smallest absolute Gasteiger partial charge is 0.142 e. The van der Waals surface area contributed by atoms with Crippen LogP contribution in [0.25, 0.3) is 0 Å². The van der Waals surface area contributed by atoms with Crippen molar-refractivity contribution in [3.8, 4) is 5.75 Å². The van der Waals surface area contributed by atoms with E-state index in [0.29, 0.717) is 27.2 Å². The molecule has 0 fully saturated rings. The lowest BCUT2D eigenvalue weighted by Gasteiger charge is -2.12. The Morgan fingerprint density at radius 2 is 1.95 bits per heavy atom. The van der Waals surface area contributed by atoms with Gasteiger partial charge in [0.1, 0.15) is 18.2 Å². The summed E-state index contributed by atoms with van der Waals surface area (Å²) in [4.78, 5) is 0. The molecule has 0 bridgehead atoms. The third kappa shape index (κ3) is 3.71. The van der Waals surface area contributed by atoms with Crippen molar-refractivity contribution in [2.24, 2.45) is 0 Å². The quantitative estimate of drug-likeness (QED) is 0.589. The van der Waals surface area contributed by atoms with Gasteiger partial charge in [-0.1, -0.05) is 61.7 Å². The first-order chi connectivity index (χ1) is 9.11. The fraction of sp³-hybridized carbons (Fsp3) is 0.143. The van der Waals surface area contributed by atoms with Gasteiger partial charge in [0.25, 0.3) is 0 Å². The first kappa shape index (κ1) is 14.8.